The minimum Gasteiger partial charge on any atom is -0.412 e. The Morgan fingerprint density at radius 1 is 0.364 bits per heavy atom. The fourth-order valence-electron chi connectivity index (χ4n) is 0. The van der Waals surface area contributed by atoms with Crippen molar-refractivity contribution in [3.05, 3.63) is 0 Å². The van der Waals surface area contributed by atoms with E-state index in [0.717, 1.165) is 0 Å². The van der Waals surface area contributed by atoms with Crippen LogP contribution in [0.15, 0.2) is 0 Å². The molecule has 0 aromatic carbocycles. The summed E-state index contributed by atoms with van der Waals surface area (Å²) in [7, 11) is 0. The van der Waals surface area contributed by atoms with Crippen molar-refractivity contribution in [3.8, 4) is 0 Å². The van der Waals surface area contributed by atoms with Crippen LogP contribution in [-0.2, 0) is 21.1 Å². The van der Waals surface area contributed by atoms with Gasteiger partial charge < -0.3 is 31.0 Å². The van der Waals surface area contributed by atoms with E-state index in [0.29, 0.717) is 0 Å². The first kappa shape index (κ1) is 43.3. The quantitative estimate of drug-likeness (QED) is 0.339. The van der Waals surface area contributed by atoms with Gasteiger partial charge in [-0.05, 0) is 69.2 Å². The van der Waals surface area contributed by atoms with Crippen LogP contribution in [0.4, 0.5) is 0 Å². The van der Waals surface area contributed by atoms with Crippen LogP contribution < -0.4 is 0 Å². The van der Waals surface area contributed by atoms with Gasteiger partial charge in [0.25, 0.3) is 0 Å². The van der Waals surface area contributed by atoms with E-state index in [1.165, 1.54) is 0 Å². The van der Waals surface area contributed by atoms with Crippen LogP contribution in [0.3, 0.4) is 0 Å². The van der Waals surface area contributed by atoms with E-state index < -0.39 is 0 Å². The number of hydrogen-bond acceptors (Lipinski definition) is 5. The Bertz CT molecular complexity index is 82.6. The summed E-state index contributed by atoms with van der Waals surface area (Å²) in [6, 6.07) is 0. The van der Waals surface area contributed by atoms with Crippen molar-refractivity contribution < 1.29 is 52.1 Å². The van der Waals surface area contributed by atoms with E-state index >= 15 is 0 Å². The van der Waals surface area contributed by atoms with Crippen molar-refractivity contribution in [2.75, 3.05) is 0 Å². The second-order valence-electron chi connectivity index (χ2n) is 5.47. The molecule has 0 heterocycles. The van der Waals surface area contributed by atoms with Crippen LogP contribution in [0.25, 0.3) is 0 Å². The zero-order valence-electron chi connectivity index (χ0n) is 16.0. The molecule has 0 fully saturated rings. The molecule has 6 nitrogen and oxygen atoms in total. The van der Waals surface area contributed by atoms with Gasteiger partial charge in [-0.1, -0.05) is 0 Å². The molecule has 0 radical (unpaired) electrons. The summed E-state index contributed by atoms with van der Waals surface area (Å²) < 4.78 is 0. The Labute approximate surface area is 152 Å². The van der Waals surface area contributed by atoms with Crippen LogP contribution in [0, 0.1) is 0 Å². The molecule has 0 aliphatic carbocycles. The van der Waals surface area contributed by atoms with Gasteiger partial charge >= 0.3 is 0 Å². The molecule has 0 bridgehead atoms. The second-order valence-corrected chi connectivity index (χ2v) is 5.47. The summed E-state index contributed by atoms with van der Waals surface area (Å²) in [6.07, 6.45) is -0.833. The molecule has 0 aliphatic rings. The van der Waals surface area contributed by atoms with Crippen molar-refractivity contribution >= 4 is 0 Å². The number of hydrogen-bond donors (Lipinski definition) is 5. The molecule has 0 unspecified atom stereocenters. The van der Waals surface area contributed by atoms with Gasteiger partial charge in [-0.25, -0.2) is 0 Å². The maximum atomic E-state index is 8.06. The predicted octanol–water partition coefficient (Wildman–Crippen LogP) is 1.11. The number of aliphatic hydroxyl groups is 5. The largest absolute Gasteiger partial charge is 0.412 e. The second kappa shape index (κ2) is 37.6. The van der Waals surface area contributed by atoms with Crippen LogP contribution in [0.2, 0.25) is 0 Å². The zero-order valence-corrected chi connectivity index (χ0v) is 19.0. The molecule has 0 aliphatic heterocycles. The molecule has 7 heteroatoms. The smallest absolute Gasteiger partial charge is 0.0483 e. The van der Waals surface area contributed by atoms with E-state index in [-0.39, 0.29) is 57.1 Å². The molecule has 0 aromatic rings. The van der Waals surface area contributed by atoms with E-state index in [1.807, 2.05) is 0 Å². The third-order valence-corrected chi connectivity index (χ3v) is 0. The fraction of sp³-hybridized carbons (Fsp3) is 1.00. The van der Waals surface area contributed by atoms with Crippen LogP contribution >= 0.6 is 0 Å². The van der Waals surface area contributed by atoms with Crippen molar-refractivity contribution in [2.45, 2.75) is 99.8 Å². The fourth-order valence-corrected chi connectivity index (χ4v) is 0. The zero-order chi connectivity index (χ0) is 17.9. The molecule has 0 rings (SSSR count). The third kappa shape index (κ3) is 38500. The van der Waals surface area contributed by atoms with Gasteiger partial charge in [0, 0.05) is 51.6 Å². The summed E-state index contributed by atoms with van der Waals surface area (Å²) in [5.41, 5.74) is 0. The summed E-state index contributed by atoms with van der Waals surface area (Å²) in [5, 5.41) is 40.3. The number of aliphatic hydroxyl groups excluding tert-OH is 5. The molecular weight excluding hydrogens is 460 g/mol. The van der Waals surface area contributed by atoms with E-state index in [9.17, 15) is 0 Å². The summed E-state index contributed by atoms with van der Waals surface area (Å²) in [5.74, 6) is 0. The van der Waals surface area contributed by atoms with Crippen molar-refractivity contribution in [1.29, 1.82) is 0 Å². The first-order valence-corrected chi connectivity index (χ1v) is 7.06. The normalized spacial score (nSPS) is 8.18. The van der Waals surface area contributed by atoms with Gasteiger partial charge in [-0.2, -0.15) is 0 Å². The summed E-state index contributed by atoms with van der Waals surface area (Å²) in [4.78, 5) is 0. The molecule has 22 heavy (non-hydrogen) atoms. The standard InChI is InChI=1S/5C3H8O.H2O.W/c5*1-3(2)4;;/h5*3-4H,1-2H3;1H2;. The molecule has 0 saturated carbocycles. The monoisotopic (exact) mass is 502 g/mol. The van der Waals surface area contributed by atoms with E-state index in [1.54, 1.807) is 69.2 Å². The topological polar surface area (TPSA) is 133 Å². The predicted molar refractivity (Wildman–Crippen MR) is 90.4 cm³/mol. The van der Waals surface area contributed by atoms with Gasteiger partial charge in [0.15, 0.2) is 0 Å². The van der Waals surface area contributed by atoms with Gasteiger partial charge in [0.1, 0.15) is 0 Å². The van der Waals surface area contributed by atoms with Crippen molar-refractivity contribution in [2.24, 2.45) is 0 Å². The molecule has 0 amide bonds. The Hall–Kier alpha value is 0.448. The minimum atomic E-state index is -0.167. The molecular formula is C15H42O6W. The molecule has 7 N–H and O–H groups in total. The van der Waals surface area contributed by atoms with Crippen LogP contribution in [-0.4, -0.2) is 61.5 Å². The Morgan fingerprint density at radius 3 is 0.364 bits per heavy atom. The molecule has 0 saturated heterocycles. The van der Waals surface area contributed by atoms with Gasteiger partial charge in [0.2, 0.25) is 0 Å². The average molecular weight is 502 g/mol. The Kier molecular flexibility index (Phi) is 73.9. The third-order valence-electron chi connectivity index (χ3n) is 0. The van der Waals surface area contributed by atoms with Crippen molar-refractivity contribution in [3.63, 3.8) is 0 Å². The SMILES string of the molecule is CC(C)O.CC(C)O.CC(C)O.CC(C)O.CC(C)O.O.[W]. The molecule has 0 atom stereocenters. The summed E-state index contributed by atoms with van der Waals surface area (Å²) in [6.45, 7) is 17.2. The van der Waals surface area contributed by atoms with Gasteiger partial charge in [0.05, 0.1) is 0 Å². The summed E-state index contributed by atoms with van der Waals surface area (Å²) >= 11 is 0. The molecule has 0 spiro atoms. The molecule has 144 valence electrons. The molecule has 0 aromatic heterocycles. The Balaban J connectivity index is -0.0000000250. The van der Waals surface area contributed by atoms with Crippen LogP contribution in [0.5, 0.6) is 0 Å². The van der Waals surface area contributed by atoms with Gasteiger partial charge in [-0.3, -0.25) is 0 Å². The first-order chi connectivity index (χ1) is 8.66. The average Bonchev–Trinajstić information content (AvgIpc) is 1.94. The number of rotatable bonds is 0. The van der Waals surface area contributed by atoms with Crippen molar-refractivity contribution in [1.82, 2.24) is 0 Å². The minimum absolute atomic E-state index is 0. The Morgan fingerprint density at radius 2 is 0.364 bits per heavy atom. The maximum absolute atomic E-state index is 8.06. The van der Waals surface area contributed by atoms with Gasteiger partial charge in [-0.15, -0.1) is 0 Å². The van der Waals surface area contributed by atoms with E-state index in [4.69, 9.17) is 25.5 Å². The van der Waals surface area contributed by atoms with E-state index in [2.05, 4.69) is 0 Å². The first-order valence-electron chi connectivity index (χ1n) is 7.06. The maximum Gasteiger partial charge on any atom is 0.0483 e. The van der Waals surface area contributed by atoms with Crippen LogP contribution in [0.1, 0.15) is 69.2 Å².